The van der Waals surface area contributed by atoms with Crippen molar-refractivity contribution in [1.82, 2.24) is 4.98 Å². The summed E-state index contributed by atoms with van der Waals surface area (Å²) in [7, 11) is 0. The van der Waals surface area contributed by atoms with Gasteiger partial charge in [0.2, 0.25) is 0 Å². The van der Waals surface area contributed by atoms with Crippen LogP contribution in [0.4, 0.5) is 0 Å². The zero-order chi connectivity index (χ0) is 13.2. The molecule has 0 radical (unpaired) electrons. The van der Waals surface area contributed by atoms with Gasteiger partial charge in [0.15, 0.2) is 5.76 Å². The van der Waals surface area contributed by atoms with Gasteiger partial charge in [0, 0.05) is 16.1 Å². The number of halogens is 2. The molecule has 0 N–H and O–H groups in total. The van der Waals surface area contributed by atoms with E-state index in [2.05, 4.69) is 4.98 Å². The van der Waals surface area contributed by atoms with E-state index in [1.165, 1.54) is 0 Å². The van der Waals surface area contributed by atoms with Crippen molar-refractivity contribution in [3.8, 4) is 22.6 Å². The van der Waals surface area contributed by atoms with Crippen LogP contribution in [-0.4, -0.2) is 4.98 Å². The molecule has 0 amide bonds. The highest BCUT2D eigenvalue weighted by molar-refractivity contribution is 6.31. The summed E-state index contributed by atoms with van der Waals surface area (Å²) in [5.74, 6) is 0.624. The summed E-state index contributed by atoms with van der Waals surface area (Å²) < 4.78 is 5.51. The first-order valence-corrected chi connectivity index (χ1v) is 6.47. The van der Waals surface area contributed by atoms with E-state index in [9.17, 15) is 0 Å². The fourth-order valence-electron chi connectivity index (χ4n) is 1.91. The molecule has 0 aliphatic rings. The summed E-state index contributed by atoms with van der Waals surface area (Å²) in [5, 5.41) is 0.762. The van der Waals surface area contributed by atoms with Crippen LogP contribution < -0.4 is 0 Å². The van der Waals surface area contributed by atoms with Gasteiger partial charge in [-0.3, -0.25) is 0 Å². The lowest BCUT2D eigenvalue weighted by Crippen LogP contribution is -1.82. The third-order valence-electron chi connectivity index (χ3n) is 2.74. The van der Waals surface area contributed by atoms with Gasteiger partial charge < -0.3 is 4.42 Å². The standard InChI is InChI=1S/C15H9Cl2NO/c16-12-8-4-7-11(9-12)14-13(18-15(17)19-14)10-5-2-1-3-6-10/h1-9H. The van der Waals surface area contributed by atoms with Crippen LogP contribution in [0.1, 0.15) is 0 Å². The molecule has 4 heteroatoms. The zero-order valence-electron chi connectivity index (χ0n) is 9.81. The lowest BCUT2D eigenvalue weighted by molar-refractivity contribution is 0.574. The van der Waals surface area contributed by atoms with E-state index in [0.29, 0.717) is 16.5 Å². The maximum atomic E-state index is 6.00. The summed E-state index contributed by atoms with van der Waals surface area (Å²) in [4.78, 5) is 4.24. The number of oxazole rings is 1. The number of aromatic nitrogens is 1. The molecule has 94 valence electrons. The lowest BCUT2D eigenvalue weighted by atomic mass is 10.1. The van der Waals surface area contributed by atoms with Crippen LogP contribution in [0.5, 0.6) is 0 Å². The van der Waals surface area contributed by atoms with Crippen LogP contribution >= 0.6 is 23.2 Å². The Hall–Kier alpha value is -1.77. The molecule has 0 bridgehead atoms. The van der Waals surface area contributed by atoms with E-state index in [1.54, 1.807) is 0 Å². The Balaban J connectivity index is 2.18. The molecule has 0 fully saturated rings. The summed E-state index contributed by atoms with van der Waals surface area (Å²) in [5.41, 5.74) is 2.52. The Morgan fingerprint density at radius 1 is 0.842 bits per heavy atom. The molecule has 0 saturated carbocycles. The molecule has 0 unspecified atom stereocenters. The minimum Gasteiger partial charge on any atom is -0.427 e. The first kappa shape index (κ1) is 12.3. The van der Waals surface area contributed by atoms with Gasteiger partial charge in [-0.25, -0.2) is 0 Å². The number of benzene rings is 2. The second-order valence-corrected chi connectivity index (χ2v) is 4.78. The van der Waals surface area contributed by atoms with Crippen molar-refractivity contribution >= 4 is 23.2 Å². The number of nitrogens with zero attached hydrogens (tertiary/aromatic N) is 1. The second-order valence-electron chi connectivity index (χ2n) is 4.02. The molecule has 0 aliphatic carbocycles. The smallest absolute Gasteiger partial charge is 0.293 e. The van der Waals surface area contributed by atoms with Crippen LogP contribution in [0.25, 0.3) is 22.6 Å². The van der Waals surface area contributed by atoms with Crippen LogP contribution in [0.15, 0.2) is 59.0 Å². The number of hydrogen-bond acceptors (Lipinski definition) is 2. The van der Waals surface area contributed by atoms with E-state index >= 15 is 0 Å². The van der Waals surface area contributed by atoms with Crippen LogP contribution in [0.2, 0.25) is 10.4 Å². The van der Waals surface area contributed by atoms with Crippen molar-refractivity contribution in [2.45, 2.75) is 0 Å². The SMILES string of the molecule is Clc1cccc(-c2oc(Cl)nc2-c2ccccc2)c1. The van der Waals surface area contributed by atoms with Gasteiger partial charge in [0.25, 0.3) is 5.35 Å². The summed E-state index contributed by atoms with van der Waals surface area (Å²) in [6.45, 7) is 0. The quantitative estimate of drug-likeness (QED) is 0.638. The average Bonchev–Trinajstić information content (AvgIpc) is 2.82. The minimum absolute atomic E-state index is 0.119. The monoisotopic (exact) mass is 289 g/mol. The normalized spacial score (nSPS) is 10.6. The fourth-order valence-corrected chi connectivity index (χ4v) is 2.26. The Morgan fingerprint density at radius 3 is 2.32 bits per heavy atom. The molecule has 0 aliphatic heterocycles. The number of hydrogen-bond donors (Lipinski definition) is 0. The highest BCUT2D eigenvalue weighted by Gasteiger charge is 2.15. The van der Waals surface area contributed by atoms with E-state index in [1.807, 2.05) is 54.6 Å². The fraction of sp³-hybridized carbons (Fsp3) is 0. The summed E-state index contributed by atoms with van der Waals surface area (Å²) in [6, 6.07) is 17.2. The van der Waals surface area contributed by atoms with Gasteiger partial charge in [0.1, 0.15) is 5.69 Å². The molecule has 2 nitrogen and oxygen atoms in total. The van der Waals surface area contributed by atoms with Crippen molar-refractivity contribution in [3.63, 3.8) is 0 Å². The molecular formula is C15H9Cl2NO. The number of rotatable bonds is 2. The first-order valence-electron chi connectivity index (χ1n) is 5.72. The maximum absolute atomic E-state index is 6.00. The first-order chi connectivity index (χ1) is 9.24. The molecule has 1 aromatic heterocycles. The Bertz CT molecular complexity index is 707. The van der Waals surface area contributed by atoms with Gasteiger partial charge in [-0.1, -0.05) is 54.1 Å². The molecule has 0 saturated heterocycles. The lowest BCUT2D eigenvalue weighted by Gasteiger charge is -2.01. The van der Waals surface area contributed by atoms with Gasteiger partial charge in [0.05, 0.1) is 0 Å². The van der Waals surface area contributed by atoms with Crippen LogP contribution in [0.3, 0.4) is 0 Å². The maximum Gasteiger partial charge on any atom is 0.293 e. The van der Waals surface area contributed by atoms with Gasteiger partial charge in [-0.2, -0.15) is 4.98 Å². The minimum atomic E-state index is 0.119. The van der Waals surface area contributed by atoms with Gasteiger partial charge >= 0.3 is 0 Å². The van der Waals surface area contributed by atoms with Crippen molar-refractivity contribution in [1.29, 1.82) is 0 Å². The second kappa shape index (κ2) is 5.08. The molecule has 0 spiro atoms. The largest absolute Gasteiger partial charge is 0.427 e. The van der Waals surface area contributed by atoms with E-state index in [-0.39, 0.29) is 5.35 Å². The Kier molecular flexibility index (Phi) is 3.28. The zero-order valence-corrected chi connectivity index (χ0v) is 11.3. The molecule has 1 heterocycles. The third kappa shape index (κ3) is 2.50. The average molecular weight is 290 g/mol. The van der Waals surface area contributed by atoms with E-state index in [0.717, 1.165) is 11.1 Å². The highest BCUT2D eigenvalue weighted by atomic mass is 35.5. The van der Waals surface area contributed by atoms with Crippen LogP contribution in [0, 0.1) is 0 Å². The topological polar surface area (TPSA) is 26.0 Å². The Morgan fingerprint density at radius 2 is 1.58 bits per heavy atom. The van der Waals surface area contributed by atoms with Crippen molar-refractivity contribution in [3.05, 3.63) is 65.0 Å². The predicted molar refractivity (Wildman–Crippen MR) is 77.4 cm³/mol. The van der Waals surface area contributed by atoms with E-state index in [4.69, 9.17) is 27.6 Å². The van der Waals surface area contributed by atoms with Crippen molar-refractivity contribution < 1.29 is 4.42 Å². The molecular weight excluding hydrogens is 281 g/mol. The van der Waals surface area contributed by atoms with E-state index < -0.39 is 0 Å². The third-order valence-corrected chi connectivity index (χ3v) is 3.13. The van der Waals surface area contributed by atoms with Crippen molar-refractivity contribution in [2.75, 3.05) is 0 Å². The molecule has 0 atom stereocenters. The Labute approximate surface area is 120 Å². The molecule has 3 rings (SSSR count). The molecule has 2 aromatic carbocycles. The summed E-state index contributed by atoms with van der Waals surface area (Å²) >= 11 is 11.9. The molecule has 19 heavy (non-hydrogen) atoms. The van der Waals surface area contributed by atoms with Gasteiger partial charge in [-0.15, -0.1) is 0 Å². The van der Waals surface area contributed by atoms with Crippen molar-refractivity contribution in [2.24, 2.45) is 0 Å². The summed E-state index contributed by atoms with van der Waals surface area (Å²) in [6.07, 6.45) is 0. The molecule has 3 aromatic rings. The predicted octanol–water partition coefficient (Wildman–Crippen LogP) is 5.32. The highest BCUT2D eigenvalue weighted by Crippen LogP contribution is 2.34. The van der Waals surface area contributed by atoms with Crippen LogP contribution in [-0.2, 0) is 0 Å². The van der Waals surface area contributed by atoms with Gasteiger partial charge in [-0.05, 0) is 23.7 Å².